The minimum atomic E-state index is -1.68. The molecule has 1 amide bonds. The Morgan fingerprint density at radius 2 is 1.53 bits per heavy atom. The number of hydrogen-bond acceptors (Lipinski definition) is 3. The first-order valence-electron chi connectivity index (χ1n) is 9.76. The molecule has 0 bridgehead atoms. The van der Waals surface area contributed by atoms with Crippen LogP contribution in [0.15, 0.2) is 47.1 Å². The predicted octanol–water partition coefficient (Wildman–Crippen LogP) is 5.95. The number of nitrogens with zero attached hydrogens (tertiary/aromatic N) is 2. The van der Waals surface area contributed by atoms with E-state index in [-0.39, 0.29) is 11.3 Å². The molecule has 0 spiro atoms. The van der Waals surface area contributed by atoms with Gasteiger partial charge in [0, 0.05) is 11.0 Å². The van der Waals surface area contributed by atoms with E-state index < -0.39 is 45.8 Å². The van der Waals surface area contributed by atoms with Crippen LogP contribution < -0.4 is 9.75 Å². The van der Waals surface area contributed by atoms with Gasteiger partial charge in [-0.05, 0) is 30.7 Å². The van der Waals surface area contributed by atoms with Gasteiger partial charge in [-0.15, -0.1) is 0 Å². The molecule has 0 saturated carbocycles. The monoisotopic (exact) mass is 446 g/mol. The van der Waals surface area contributed by atoms with E-state index in [0.717, 1.165) is 12.5 Å². The number of carbonyl (C=O) groups is 1. The highest BCUT2D eigenvalue weighted by atomic mass is 19.2. The number of ether oxygens (including phenoxy) is 1. The predicted molar refractivity (Wildman–Crippen MR) is 115 cm³/mol. The molecule has 0 radical (unpaired) electrons. The molecule has 0 unspecified atom stereocenters. The normalized spacial score (nSPS) is 15.8. The Balaban J connectivity index is 2.05. The maximum absolute atomic E-state index is 14.5. The van der Waals surface area contributed by atoms with E-state index in [1.807, 2.05) is 0 Å². The number of halogens is 4. The second kappa shape index (κ2) is 8.61. The minimum Gasteiger partial charge on any atom is -0.497 e. The third-order valence-electron chi connectivity index (χ3n) is 4.93. The summed E-state index contributed by atoms with van der Waals surface area (Å²) in [4.78, 5) is 13.0. The van der Waals surface area contributed by atoms with Crippen LogP contribution in [0.5, 0.6) is 5.75 Å². The molecular weight excluding hydrogens is 424 g/mol. The van der Waals surface area contributed by atoms with Gasteiger partial charge in [-0.1, -0.05) is 45.1 Å². The van der Waals surface area contributed by atoms with Crippen LogP contribution in [0.1, 0.15) is 31.9 Å². The summed E-state index contributed by atoms with van der Waals surface area (Å²) in [7, 11) is 1.55. The molecule has 0 aliphatic carbocycles. The zero-order chi connectivity index (χ0) is 23.8. The summed E-state index contributed by atoms with van der Waals surface area (Å²) >= 11 is 0. The van der Waals surface area contributed by atoms with Gasteiger partial charge < -0.3 is 4.74 Å². The number of methoxy groups -OCH3 is 1. The molecule has 0 saturated heterocycles. The fourth-order valence-corrected chi connectivity index (χ4v) is 3.16. The van der Waals surface area contributed by atoms with E-state index in [9.17, 15) is 22.4 Å². The molecule has 32 heavy (non-hydrogen) atoms. The molecule has 3 rings (SSSR count). The van der Waals surface area contributed by atoms with Crippen LogP contribution in [-0.4, -0.2) is 18.7 Å². The molecule has 0 aromatic heterocycles. The Kier molecular flexibility index (Phi) is 6.25. The van der Waals surface area contributed by atoms with Gasteiger partial charge in [-0.2, -0.15) is 10.1 Å². The molecule has 0 fully saturated rings. The molecule has 0 atom stereocenters. The lowest BCUT2D eigenvalue weighted by molar-refractivity contribution is -0.114. The van der Waals surface area contributed by atoms with Crippen molar-refractivity contribution in [3.63, 3.8) is 0 Å². The van der Waals surface area contributed by atoms with Crippen molar-refractivity contribution in [1.82, 2.24) is 0 Å². The average molecular weight is 446 g/mol. The van der Waals surface area contributed by atoms with E-state index in [1.54, 1.807) is 64.3 Å². The first-order valence-corrected chi connectivity index (χ1v) is 9.76. The smallest absolute Gasteiger partial charge is 0.280 e. The summed E-state index contributed by atoms with van der Waals surface area (Å²) < 4.78 is 62.3. The zero-order valence-electron chi connectivity index (χ0n) is 18.3. The Hall–Kier alpha value is -3.42. The fourth-order valence-electron chi connectivity index (χ4n) is 3.16. The van der Waals surface area contributed by atoms with Crippen molar-refractivity contribution >= 4 is 23.4 Å². The molecule has 2 aromatic rings. The highest BCUT2D eigenvalue weighted by Gasteiger charge is 2.40. The average Bonchev–Trinajstić information content (AvgIpc) is 3.08. The number of carbonyl (C=O) groups excluding carboxylic acids is 1. The Morgan fingerprint density at radius 3 is 2.03 bits per heavy atom. The van der Waals surface area contributed by atoms with Crippen molar-refractivity contribution in [3.8, 4) is 5.75 Å². The number of amides is 1. The molecule has 8 heteroatoms. The number of hydrazone groups is 1. The van der Waals surface area contributed by atoms with E-state index in [2.05, 4.69) is 5.10 Å². The second-order valence-electron chi connectivity index (χ2n) is 8.26. The first kappa shape index (κ1) is 23.2. The third kappa shape index (κ3) is 4.17. The van der Waals surface area contributed by atoms with E-state index in [4.69, 9.17) is 4.74 Å². The molecule has 2 aromatic carbocycles. The molecule has 4 nitrogen and oxygen atoms in total. The third-order valence-corrected chi connectivity index (χ3v) is 4.93. The zero-order valence-corrected chi connectivity index (χ0v) is 18.3. The maximum Gasteiger partial charge on any atom is 0.280 e. The number of benzene rings is 2. The maximum atomic E-state index is 14.5. The Bertz CT molecular complexity index is 1130. The molecule has 1 aliphatic heterocycles. The van der Waals surface area contributed by atoms with Crippen molar-refractivity contribution in [3.05, 3.63) is 76.4 Å². The van der Waals surface area contributed by atoms with E-state index in [1.165, 1.54) is 6.08 Å². The van der Waals surface area contributed by atoms with Gasteiger partial charge in [0.15, 0.2) is 23.3 Å². The molecule has 1 aliphatic rings. The summed E-state index contributed by atoms with van der Waals surface area (Å²) in [5.74, 6) is -6.71. The van der Waals surface area contributed by atoms with E-state index in [0.29, 0.717) is 10.8 Å². The quantitative estimate of drug-likeness (QED) is 0.331. The lowest BCUT2D eigenvalue weighted by atomic mass is 9.85. The van der Waals surface area contributed by atoms with Crippen molar-refractivity contribution in [1.29, 1.82) is 0 Å². The SMILES string of the molecule is COc1ccc(/C=C\C=C2/C(=O)N(c3c(F)c(F)c(C)c(F)c3F)N=C2C(C)(C)C)cc1. The van der Waals surface area contributed by atoms with Crippen LogP contribution in [0.4, 0.5) is 23.2 Å². The van der Waals surface area contributed by atoms with Crippen molar-refractivity contribution in [2.75, 3.05) is 12.1 Å². The van der Waals surface area contributed by atoms with Crippen LogP contribution in [-0.2, 0) is 4.79 Å². The Morgan fingerprint density at radius 1 is 0.969 bits per heavy atom. The number of rotatable bonds is 4. The fraction of sp³-hybridized carbons (Fsp3) is 0.250. The molecular formula is C24H22F4N2O2. The van der Waals surface area contributed by atoms with Crippen LogP contribution in [0, 0.1) is 35.6 Å². The lowest BCUT2D eigenvalue weighted by Crippen LogP contribution is -2.26. The second-order valence-corrected chi connectivity index (χ2v) is 8.26. The van der Waals surface area contributed by atoms with Crippen LogP contribution in [0.3, 0.4) is 0 Å². The molecule has 168 valence electrons. The summed E-state index contributed by atoms with van der Waals surface area (Å²) in [6, 6.07) is 7.14. The number of allylic oxidation sites excluding steroid dienone is 2. The van der Waals surface area contributed by atoms with Gasteiger partial charge >= 0.3 is 0 Å². The molecule has 1 heterocycles. The van der Waals surface area contributed by atoms with Gasteiger partial charge in [0.2, 0.25) is 0 Å². The van der Waals surface area contributed by atoms with E-state index >= 15 is 0 Å². The summed E-state index contributed by atoms with van der Waals surface area (Å²) in [5, 5.41) is 4.42. The number of anilines is 1. The van der Waals surface area contributed by atoms with Crippen LogP contribution in [0.25, 0.3) is 6.08 Å². The van der Waals surface area contributed by atoms with Crippen molar-refractivity contribution < 1.29 is 27.1 Å². The first-order chi connectivity index (χ1) is 15.0. The van der Waals surface area contributed by atoms with Gasteiger partial charge in [-0.3, -0.25) is 4.79 Å². The van der Waals surface area contributed by atoms with Gasteiger partial charge in [0.05, 0.1) is 18.4 Å². The number of hydrogen-bond donors (Lipinski definition) is 0. The summed E-state index contributed by atoms with van der Waals surface area (Å²) in [5.41, 5.74) is -1.59. The summed E-state index contributed by atoms with van der Waals surface area (Å²) in [6.07, 6.45) is 4.76. The highest BCUT2D eigenvalue weighted by Crippen LogP contribution is 2.36. The largest absolute Gasteiger partial charge is 0.497 e. The van der Waals surface area contributed by atoms with Crippen molar-refractivity contribution in [2.45, 2.75) is 27.7 Å². The van der Waals surface area contributed by atoms with Crippen LogP contribution >= 0.6 is 0 Å². The van der Waals surface area contributed by atoms with Crippen LogP contribution in [0.2, 0.25) is 0 Å². The highest BCUT2D eigenvalue weighted by molar-refractivity contribution is 6.31. The van der Waals surface area contributed by atoms with Gasteiger partial charge in [0.1, 0.15) is 11.4 Å². The Labute approximate surface area is 183 Å². The standard InChI is InChI=1S/C24H22F4N2O2/c1-13-17(25)19(27)21(20(28)18(13)26)30-23(31)16(22(29-30)24(2,3)4)8-6-7-14-9-11-15(32-5)12-10-14/h6-12H,1-5H3/b7-6-,16-8-. The van der Waals surface area contributed by atoms with Gasteiger partial charge in [-0.25, -0.2) is 17.6 Å². The molecule has 0 N–H and O–H groups in total. The van der Waals surface area contributed by atoms with Crippen molar-refractivity contribution in [2.24, 2.45) is 10.5 Å². The lowest BCUT2D eigenvalue weighted by Gasteiger charge is -2.17. The topological polar surface area (TPSA) is 41.9 Å². The van der Waals surface area contributed by atoms with Gasteiger partial charge in [0.25, 0.3) is 5.91 Å². The minimum absolute atomic E-state index is 0.0578. The summed E-state index contributed by atoms with van der Waals surface area (Å²) in [6.45, 7) is 6.18.